The van der Waals surface area contributed by atoms with Gasteiger partial charge in [-0.25, -0.2) is 0 Å². The fourth-order valence-corrected chi connectivity index (χ4v) is 4.88. The summed E-state index contributed by atoms with van der Waals surface area (Å²) in [6.45, 7) is 3.18. The second-order valence-electron chi connectivity index (χ2n) is 8.26. The normalized spacial score (nSPS) is 11.8. The average molecular weight is 386 g/mol. The van der Waals surface area contributed by atoms with Crippen molar-refractivity contribution in [1.29, 1.82) is 0 Å². The van der Waals surface area contributed by atoms with E-state index in [4.69, 9.17) is 5.73 Å². The molecule has 0 fully saturated rings. The summed E-state index contributed by atoms with van der Waals surface area (Å²) < 4.78 is 0. The van der Waals surface area contributed by atoms with Crippen LogP contribution in [-0.4, -0.2) is 18.9 Å². The van der Waals surface area contributed by atoms with Crippen molar-refractivity contribution in [2.45, 2.75) is 135 Å². The first-order valence-corrected chi connectivity index (χ1v) is 13.7. The van der Waals surface area contributed by atoms with Crippen molar-refractivity contribution in [3.63, 3.8) is 0 Å². The van der Waals surface area contributed by atoms with Crippen molar-refractivity contribution in [2.24, 2.45) is 5.73 Å². The molecule has 0 aliphatic carbocycles. The topological polar surface area (TPSA) is 26.0 Å². The van der Waals surface area contributed by atoms with Gasteiger partial charge in [0.15, 0.2) is 0 Å². The van der Waals surface area contributed by atoms with Gasteiger partial charge in [-0.1, -0.05) is 122 Å². The molecule has 0 aromatic rings. The largest absolute Gasteiger partial charge is 0.330 e. The van der Waals surface area contributed by atoms with Crippen molar-refractivity contribution < 1.29 is 0 Å². The predicted octanol–water partition coefficient (Wildman–Crippen LogP) is 8.45. The first kappa shape index (κ1) is 26.4. The monoisotopic (exact) mass is 385 g/mol. The van der Waals surface area contributed by atoms with Gasteiger partial charge in [-0.15, -0.1) is 8.58 Å². The summed E-state index contributed by atoms with van der Waals surface area (Å²) in [4.78, 5) is 0. The summed E-state index contributed by atoms with van der Waals surface area (Å²) >= 11 is 0. The van der Waals surface area contributed by atoms with Gasteiger partial charge in [0.25, 0.3) is 0 Å². The fourth-order valence-electron chi connectivity index (χ4n) is 3.68. The van der Waals surface area contributed by atoms with Crippen LogP contribution in [0.3, 0.4) is 0 Å². The highest BCUT2D eigenvalue weighted by Crippen LogP contribution is 2.17. The lowest BCUT2D eigenvalue weighted by Crippen LogP contribution is -1.98. The third-order valence-corrected chi connectivity index (χ3v) is 6.93. The van der Waals surface area contributed by atoms with Crippen LogP contribution in [0.5, 0.6) is 0 Å². The van der Waals surface area contributed by atoms with Gasteiger partial charge in [-0.2, -0.15) is 0 Å². The summed E-state index contributed by atoms with van der Waals surface area (Å²) in [6.07, 6.45) is 32.0. The predicted molar refractivity (Wildman–Crippen MR) is 125 cm³/mol. The Labute approximate surface area is 168 Å². The SMILES string of the molecule is CCCCCCCCCCCCCCCCCCCCCPCCCN. The molecule has 0 radical (unpaired) electrons. The Balaban J connectivity index is 2.95. The minimum Gasteiger partial charge on any atom is -0.330 e. The van der Waals surface area contributed by atoms with Gasteiger partial charge in [0.1, 0.15) is 0 Å². The zero-order chi connectivity index (χ0) is 19.0. The standard InChI is InChI=1S/C24H52NP/c1-2-3-4-5-6-7-8-9-10-11-12-13-14-15-16-17-18-19-20-23-26-24-21-22-25/h26H,2-25H2,1H3. The molecular formula is C24H52NP. The lowest BCUT2D eigenvalue weighted by molar-refractivity contribution is 0.524. The highest BCUT2D eigenvalue weighted by atomic mass is 31.1. The molecule has 26 heavy (non-hydrogen) atoms. The number of unbranched alkanes of at least 4 members (excludes halogenated alkanes) is 18. The van der Waals surface area contributed by atoms with E-state index in [1.807, 2.05) is 0 Å². The van der Waals surface area contributed by atoms with Crippen LogP contribution in [0.15, 0.2) is 0 Å². The van der Waals surface area contributed by atoms with E-state index >= 15 is 0 Å². The van der Waals surface area contributed by atoms with E-state index in [2.05, 4.69) is 6.92 Å². The lowest BCUT2D eigenvalue weighted by atomic mass is 10.0. The van der Waals surface area contributed by atoms with Crippen molar-refractivity contribution in [3.8, 4) is 0 Å². The van der Waals surface area contributed by atoms with E-state index in [-0.39, 0.29) is 0 Å². The number of rotatable bonds is 23. The molecule has 0 aromatic heterocycles. The van der Waals surface area contributed by atoms with Crippen molar-refractivity contribution >= 4 is 8.58 Å². The summed E-state index contributed by atoms with van der Waals surface area (Å²) in [7, 11) is 1.17. The average Bonchev–Trinajstić information content (AvgIpc) is 2.66. The molecule has 0 spiro atoms. The first-order chi connectivity index (χ1) is 12.9. The molecule has 2 N–H and O–H groups in total. The molecule has 0 aliphatic rings. The fraction of sp³-hybridized carbons (Fsp3) is 1.00. The maximum Gasteiger partial charge on any atom is -0.00740 e. The quantitative estimate of drug-likeness (QED) is 0.138. The Hall–Kier alpha value is 0.390. The van der Waals surface area contributed by atoms with E-state index < -0.39 is 0 Å². The van der Waals surface area contributed by atoms with Crippen LogP contribution >= 0.6 is 8.58 Å². The number of hydrogen-bond acceptors (Lipinski definition) is 1. The molecule has 0 heterocycles. The van der Waals surface area contributed by atoms with Crippen LogP contribution in [0.4, 0.5) is 0 Å². The summed E-state index contributed by atoms with van der Waals surface area (Å²) in [5.74, 6) is 0. The molecule has 1 nitrogen and oxygen atoms in total. The smallest absolute Gasteiger partial charge is 0.00740 e. The molecule has 1 unspecified atom stereocenters. The third-order valence-electron chi connectivity index (χ3n) is 5.51. The van der Waals surface area contributed by atoms with E-state index in [0.717, 1.165) is 6.54 Å². The van der Waals surface area contributed by atoms with Crippen LogP contribution < -0.4 is 5.73 Å². The number of nitrogens with two attached hydrogens (primary N) is 1. The molecule has 0 bridgehead atoms. The summed E-state index contributed by atoms with van der Waals surface area (Å²) in [5.41, 5.74) is 5.52. The summed E-state index contributed by atoms with van der Waals surface area (Å²) in [6, 6.07) is 0. The Bertz CT molecular complexity index is 208. The van der Waals surface area contributed by atoms with Gasteiger partial charge in [0, 0.05) is 0 Å². The Morgan fingerprint density at radius 1 is 0.423 bits per heavy atom. The minimum absolute atomic E-state index is 0.881. The number of hydrogen-bond donors (Lipinski definition) is 1. The van der Waals surface area contributed by atoms with Gasteiger partial charge < -0.3 is 5.73 Å². The Morgan fingerprint density at radius 2 is 0.731 bits per heavy atom. The van der Waals surface area contributed by atoms with Gasteiger partial charge in [0.2, 0.25) is 0 Å². The highest BCUT2D eigenvalue weighted by Gasteiger charge is 1.95. The van der Waals surface area contributed by atoms with Crippen LogP contribution in [0.25, 0.3) is 0 Å². The zero-order valence-corrected chi connectivity index (χ0v) is 19.3. The molecule has 0 aliphatic heterocycles. The van der Waals surface area contributed by atoms with E-state index in [1.54, 1.807) is 0 Å². The van der Waals surface area contributed by atoms with Crippen LogP contribution in [0.2, 0.25) is 0 Å². The molecular weight excluding hydrogens is 333 g/mol. The molecule has 0 amide bonds. The van der Waals surface area contributed by atoms with Crippen molar-refractivity contribution in [3.05, 3.63) is 0 Å². The molecule has 0 saturated heterocycles. The molecule has 0 aromatic carbocycles. The van der Waals surface area contributed by atoms with Crippen LogP contribution in [-0.2, 0) is 0 Å². The highest BCUT2D eigenvalue weighted by molar-refractivity contribution is 7.37. The zero-order valence-electron chi connectivity index (χ0n) is 18.3. The van der Waals surface area contributed by atoms with Gasteiger partial charge in [-0.05, 0) is 31.7 Å². The van der Waals surface area contributed by atoms with E-state index in [9.17, 15) is 0 Å². The van der Waals surface area contributed by atoms with E-state index in [1.165, 1.54) is 149 Å². The van der Waals surface area contributed by atoms with Gasteiger partial charge >= 0.3 is 0 Å². The van der Waals surface area contributed by atoms with Gasteiger partial charge in [0.05, 0.1) is 0 Å². The minimum atomic E-state index is 0.881. The summed E-state index contributed by atoms with van der Waals surface area (Å²) in [5, 5.41) is 0. The molecule has 158 valence electrons. The first-order valence-electron chi connectivity index (χ1n) is 12.3. The second kappa shape index (κ2) is 25.4. The Kier molecular flexibility index (Phi) is 25.8. The van der Waals surface area contributed by atoms with Gasteiger partial charge in [-0.3, -0.25) is 0 Å². The van der Waals surface area contributed by atoms with E-state index in [0.29, 0.717) is 0 Å². The Morgan fingerprint density at radius 3 is 1.08 bits per heavy atom. The molecule has 0 saturated carbocycles. The van der Waals surface area contributed by atoms with Crippen molar-refractivity contribution in [1.82, 2.24) is 0 Å². The maximum atomic E-state index is 5.52. The van der Waals surface area contributed by atoms with Crippen molar-refractivity contribution in [2.75, 3.05) is 18.9 Å². The lowest BCUT2D eigenvalue weighted by Gasteiger charge is -2.04. The van der Waals surface area contributed by atoms with Crippen LogP contribution in [0, 0.1) is 0 Å². The molecule has 0 rings (SSSR count). The third kappa shape index (κ3) is 24.4. The maximum absolute atomic E-state index is 5.52. The second-order valence-corrected chi connectivity index (χ2v) is 9.76. The molecule has 2 heteroatoms. The molecule has 1 atom stereocenters. The van der Waals surface area contributed by atoms with Crippen LogP contribution in [0.1, 0.15) is 135 Å².